The number of carboxylic acid groups (broad SMARTS) is 1. The zero-order valence-electron chi connectivity index (χ0n) is 10.9. The normalized spacial score (nSPS) is 18.3. The lowest BCUT2D eigenvalue weighted by atomic mass is 9.83. The smallest absolute Gasteiger partial charge is 0.336 e. The average Bonchev–Trinajstić information content (AvgIpc) is 2.40. The van der Waals surface area contributed by atoms with E-state index in [1.165, 1.54) is 6.92 Å². The number of nitriles is 1. The Kier molecular flexibility index (Phi) is 4.12. The van der Waals surface area contributed by atoms with Crippen molar-refractivity contribution in [3.63, 3.8) is 0 Å². The molecule has 1 heterocycles. The lowest BCUT2D eigenvalue weighted by molar-refractivity contribution is -0.133. The molecule has 0 saturated carbocycles. The van der Waals surface area contributed by atoms with E-state index in [-0.39, 0.29) is 32.8 Å². The molecule has 5 nitrogen and oxygen atoms in total. The third kappa shape index (κ3) is 2.56. The highest BCUT2D eigenvalue weighted by atomic mass is 35.5. The lowest BCUT2D eigenvalue weighted by Gasteiger charge is -2.26. The Morgan fingerprint density at radius 1 is 1.48 bits per heavy atom. The molecule has 2 rings (SSSR count). The van der Waals surface area contributed by atoms with Crippen molar-refractivity contribution in [1.82, 2.24) is 0 Å². The average molecular weight is 325 g/mol. The first-order valence-electron chi connectivity index (χ1n) is 5.84. The molecule has 0 bridgehead atoms. The third-order valence-corrected chi connectivity index (χ3v) is 3.96. The number of benzene rings is 1. The van der Waals surface area contributed by atoms with Crippen LogP contribution in [-0.4, -0.2) is 11.1 Å². The van der Waals surface area contributed by atoms with E-state index in [2.05, 4.69) is 0 Å². The van der Waals surface area contributed by atoms with Gasteiger partial charge in [0.2, 0.25) is 5.88 Å². The summed E-state index contributed by atoms with van der Waals surface area (Å²) in [7, 11) is 0. The van der Waals surface area contributed by atoms with Gasteiger partial charge in [-0.2, -0.15) is 5.26 Å². The SMILES string of the molecule is CC1=C(C(=O)O)C(c2cccc(Cl)c2Cl)C(C#N)=C(N)O1. The first-order chi connectivity index (χ1) is 9.88. The molecule has 0 spiro atoms. The first-order valence-corrected chi connectivity index (χ1v) is 6.59. The van der Waals surface area contributed by atoms with Gasteiger partial charge in [0.15, 0.2) is 0 Å². The summed E-state index contributed by atoms with van der Waals surface area (Å²) in [4.78, 5) is 11.5. The number of nitrogens with two attached hydrogens (primary N) is 1. The second kappa shape index (κ2) is 5.68. The molecule has 21 heavy (non-hydrogen) atoms. The van der Waals surface area contributed by atoms with E-state index in [0.717, 1.165) is 0 Å². The number of ether oxygens (including phenoxy) is 1. The fourth-order valence-corrected chi connectivity index (χ4v) is 2.63. The van der Waals surface area contributed by atoms with Crippen molar-refractivity contribution in [2.75, 3.05) is 0 Å². The Morgan fingerprint density at radius 2 is 2.14 bits per heavy atom. The van der Waals surface area contributed by atoms with Crippen LogP contribution >= 0.6 is 23.2 Å². The van der Waals surface area contributed by atoms with Crippen LogP contribution in [0.4, 0.5) is 0 Å². The number of hydrogen-bond acceptors (Lipinski definition) is 4. The monoisotopic (exact) mass is 324 g/mol. The number of nitrogens with zero attached hydrogens (tertiary/aromatic N) is 1. The van der Waals surface area contributed by atoms with Crippen LogP contribution in [0.3, 0.4) is 0 Å². The molecule has 1 atom stereocenters. The van der Waals surface area contributed by atoms with Gasteiger partial charge in [0, 0.05) is 0 Å². The van der Waals surface area contributed by atoms with Gasteiger partial charge >= 0.3 is 5.97 Å². The molecule has 0 aromatic heterocycles. The van der Waals surface area contributed by atoms with E-state index in [9.17, 15) is 15.2 Å². The van der Waals surface area contributed by atoms with E-state index >= 15 is 0 Å². The minimum atomic E-state index is -1.21. The van der Waals surface area contributed by atoms with Crippen LogP contribution in [0.2, 0.25) is 10.0 Å². The van der Waals surface area contributed by atoms with Crippen molar-refractivity contribution < 1.29 is 14.6 Å². The number of carbonyl (C=O) groups is 1. The molecule has 0 fully saturated rings. The summed E-state index contributed by atoms with van der Waals surface area (Å²) in [6.45, 7) is 1.47. The lowest BCUT2D eigenvalue weighted by Crippen LogP contribution is -2.24. The zero-order valence-corrected chi connectivity index (χ0v) is 12.4. The van der Waals surface area contributed by atoms with Gasteiger partial charge in [-0.25, -0.2) is 4.79 Å². The number of hydrogen-bond donors (Lipinski definition) is 2. The van der Waals surface area contributed by atoms with Gasteiger partial charge in [0.1, 0.15) is 17.4 Å². The van der Waals surface area contributed by atoms with Crippen molar-refractivity contribution in [3.8, 4) is 6.07 Å². The summed E-state index contributed by atoms with van der Waals surface area (Å²) in [5.74, 6) is -2.16. The van der Waals surface area contributed by atoms with Crippen molar-refractivity contribution in [2.24, 2.45) is 5.73 Å². The van der Waals surface area contributed by atoms with Gasteiger partial charge in [-0.3, -0.25) is 0 Å². The van der Waals surface area contributed by atoms with Crippen LogP contribution in [0.25, 0.3) is 0 Å². The Bertz CT molecular complexity index is 732. The number of halogens is 2. The van der Waals surface area contributed by atoms with E-state index in [1.54, 1.807) is 18.2 Å². The minimum Gasteiger partial charge on any atom is -0.478 e. The first kappa shape index (κ1) is 15.2. The fraction of sp³-hybridized carbons (Fsp3) is 0.143. The summed E-state index contributed by atoms with van der Waals surface area (Å²) in [5.41, 5.74) is 5.98. The second-order valence-corrected chi connectivity index (χ2v) is 5.13. The van der Waals surface area contributed by atoms with Crippen LogP contribution in [0, 0.1) is 11.3 Å². The zero-order chi connectivity index (χ0) is 15.7. The summed E-state index contributed by atoms with van der Waals surface area (Å²) in [6.07, 6.45) is 0. The van der Waals surface area contributed by atoms with Crippen molar-refractivity contribution in [2.45, 2.75) is 12.8 Å². The maximum absolute atomic E-state index is 11.5. The molecule has 108 valence electrons. The highest BCUT2D eigenvalue weighted by Crippen LogP contribution is 2.43. The molecule has 1 aromatic carbocycles. The van der Waals surface area contributed by atoms with Crippen molar-refractivity contribution in [1.29, 1.82) is 5.26 Å². The molecule has 0 saturated heterocycles. The molecule has 0 amide bonds. The van der Waals surface area contributed by atoms with Crippen LogP contribution in [0.1, 0.15) is 18.4 Å². The summed E-state index contributed by atoms with van der Waals surface area (Å²) < 4.78 is 5.14. The van der Waals surface area contributed by atoms with Gasteiger partial charge in [0.05, 0.1) is 21.5 Å². The Hall–Kier alpha value is -2.16. The molecule has 1 unspecified atom stereocenters. The summed E-state index contributed by atoms with van der Waals surface area (Å²) in [5, 5.41) is 19.1. The van der Waals surface area contributed by atoms with E-state index in [0.29, 0.717) is 5.56 Å². The van der Waals surface area contributed by atoms with Crippen LogP contribution < -0.4 is 5.73 Å². The number of allylic oxidation sites excluding steroid dienone is 2. The predicted octanol–water partition coefficient (Wildman–Crippen LogP) is 3.16. The second-order valence-electron chi connectivity index (χ2n) is 4.34. The Morgan fingerprint density at radius 3 is 2.71 bits per heavy atom. The molecule has 7 heteroatoms. The third-order valence-electron chi connectivity index (χ3n) is 3.13. The van der Waals surface area contributed by atoms with E-state index in [1.807, 2.05) is 6.07 Å². The molecular formula is C14H10Cl2N2O3. The minimum absolute atomic E-state index is 0.0119. The van der Waals surface area contributed by atoms with E-state index < -0.39 is 11.9 Å². The maximum Gasteiger partial charge on any atom is 0.336 e. The topological polar surface area (TPSA) is 96.3 Å². The standard InChI is InChI=1S/C14H10Cl2N2O3/c1-6-10(14(19)20)11(8(5-17)13(18)21-6)7-3-2-4-9(15)12(7)16/h2-4,11H,18H2,1H3,(H,19,20). The Balaban J connectivity index is 2.75. The van der Waals surface area contributed by atoms with Gasteiger partial charge < -0.3 is 15.6 Å². The molecule has 0 aliphatic carbocycles. The molecule has 1 aromatic rings. The van der Waals surface area contributed by atoms with Gasteiger partial charge in [-0.05, 0) is 18.6 Å². The van der Waals surface area contributed by atoms with Crippen molar-refractivity contribution >= 4 is 29.2 Å². The molecule has 0 radical (unpaired) electrons. The van der Waals surface area contributed by atoms with Crippen LogP contribution in [-0.2, 0) is 9.53 Å². The number of aliphatic carboxylic acids is 1. The summed E-state index contributed by atoms with van der Waals surface area (Å²) >= 11 is 12.1. The van der Waals surface area contributed by atoms with Crippen LogP contribution in [0.15, 0.2) is 41.0 Å². The number of rotatable bonds is 2. The van der Waals surface area contributed by atoms with E-state index in [4.69, 9.17) is 33.7 Å². The number of carboxylic acids is 1. The quantitative estimate of drug-likeness (QED) is 0.870. The summed E-state index contributed by atoms with van der Waals surface area (Å²) in [6, 6.07) is 6.68. The highest BCUT2D eigenvalue weighted by molar-refractivity contribution is 6.42. The van der Waals surface area contributed by atoms with Gasteiger partial charge in [-0.1, -0.05) is 35.3 Å². The fourth-order valence-electron chi connectivity index (χ4n) is 2.21. The van der Waals surface area contributed by atoms with Crippen LogP contribution in [0.5, 0.6) is 0 Å². The van der Waals surface area contributed by atoms with Gasteiger partial charge in [0.25, 0.3) is 0 Å². The molecule has 3 N–H and O–H groups in total. The Labute approximate surface area is 130 Å². The van der Waals surface area contributed by atoms with Crippen molar-refractivity contribution in [3.05, 3.63) is 56.6 Å². The predicted molar refractivity (Wildman–Crippen MR) is 77.5 cm³/mol. The molecule has 1 aliphatic heterocycles. The largest absolute Gasteiger partial charge is 0.478 e. The van der Waals surface area contributed by atoms with Gasteiger partial charge in [-0.15, -0.1) is 0 Å². The highest BCUT2D eigenvalue weighted by Gasteiger charge is 2.36. The molecule has 1 aliphatic rings. The maximum atomic E-state index is 11.5. The molecular weight excluding hydrogens is 315 g/mol.